The van der Waals surface area contributed by atoms with E-state index >= 15 is 0 Å². The molecule has 1 aromatic rings. The van der Waals surface area contributed by atoms with E-state index in [9.17, 15) is 9.59 Å². The average molecular weight is 340 g/mol. The SMILES string of the molecule is O=C(CCC(=O)NC1CCCC1)NC[C@@H]1[C@H]2CCc3ccccc3[C@H]21. The second-order valence-corrected chi connectivity index (χ2v) is 7.94. The van der Waals surface area contributed by atoms with Crippen LogP contribution in [0.5, 0.6) is 0 Å². The maximum atomic E-state index is 12.1. The van der Waals surface area contributed by atoms with E-state index in [1.165, 1.54) is 36.8 Å². The molecule has 3 aliphatic rings. The van der Waals surface area contributed by atoms with Crippen LogP contribution in [0.4, 0.5) is 0 Å². The number of fused-ring (bicyclic) bond motifs is 3. The molecule has 134 valence electrons. The number of benzene rings is 1. The van der Waals surface area contributed by atoms with Crippen molar-refractivity contribution in [3.05, 3.63) is 35.4 Å². The summed E-state index contributed by atoms with van der Waals surface area (Å²) in [5.74, 6) is 1.99. The van der Waals surface area contributed by atoms with Crippen LogP contribution in [0.3, 0.4) is 0 Å². The van der Waals surface area contributed by atoms with E-state index in [4.69, 9.17) is 0 Å². The first kappa shape index (κ1) is 16.6. The van der Waals surface area contributed by atoms with Gasteiger partial charge in [0.15, 0.2) is 0 Å². The first-order valence-electron chi connectivity index (χ1n) is 9.86. The normalized spacial score (nSPS) is 27.3. The zero-order valence-corrected chi connectivity index (χ0v) is 14.8. The Labute approximate surface area is 149 Å². The van der Waals surface area contributed by atoms with Crippen LogP contribution in [0, 0.1) is 11.8 Å². The van der Waals surface area contributed by atoms with Gasteiger partial charge in [0.2, 0.25) is 11.8 Å². The molecule has 2 N–H and O–H groups in total. The van der Waals surface area contributed by atoms with Crippen molar-refractivity contribution >= 4 is 11.8 Å². The van der Waals surface area contributed by atoms with E-state index in [2.05, 4.69) is 34.9 Å². The summed E-state index contributed by atoms with van der Waals surface area (Å²) in [6.45, 7) is 0.757. The van der Waals surface area contributed by atoms with Gasteiger partial charge in [0.25, 0.3) is 0 Å². The number of hydrogen-bond acceptors (Lipinski definition) is 2. The lowest BCUT2D eigenvalue weighted by atomic mass is 9.92. The summed E-state index contributed by atoms with van der Waals surface area (Å²) in [5, 5.41) is 6.11. The Balaban J connectivity index is 1.18. The third-order valence-corrected chi connectivity index (χ3v) is 6.33. The van der Waals surface area contributed by atoms with Crippen molar-refractivity contribution in [2.75, 3.05) is 6.54 Å². The first-order valence-corrected chi connectivity index (χ1v) is 9.86. The van der Waals surface area contributed by atoms with Crippen LogP contribution in [0.25, 0.3) is 0 Å². The van der Waals surface area contributed by atoms with Gasteiger partial charge in [-0.25, -0.2) is 0 Å². The minimum Gasteiger partial charge on any atom is -0.356 e. The summed E-state index contributed by atoms with van der Waals surface area (Å²) in [6.07, 6.45) is 7.61. The minimum atomic E-state index is 0.0125. The van der Waals surface area contributed by atoms with Crippen molar-refractivity contribution in [1.82, 2.24) is 10.6 Å². The third kappa shape index (κ3) is 3.73. The molecular formula is C21H28N2O2. The van der Waals surface area contributed by atoms with Gasteiger partial charge in [0, 0.05) is 25.4 Å². The van der Waals surface area contributed by atoms with Crippen LogP contribution in [-0.4, -0.2) is 24.4 Å². The molecule has 4 nitrogen and oxygen atoms in total. The fraction of sp³-hybridized carbons (Fsp3) is 0.619. The number of carbonyl (C=O) groups excluding carboxylic acids is 2. The molecule has 0 bridgehead atoms. The van der Waals surface area contributed by atoms with Gasteiger partial charge in [-0.2, -0.15) is 0 Å². The van der Waals surface area contributed by atoms with Crippen molar-refractivity contribution < 1.29 is 9.59 Å². The number of aryl methyl sites for hydroxylation is 1. The minimum absolute atomic E-state index is 0.0125. The Morgan fingerprint density at radius 2 is 1.76 bits per heavy atom. The second kappa shape index (κ2) is 7.19. The fourth-order valence-corrected chi connectivity index (χ4v) is 4.90. The van der Waals surface area contributed by atoms with E-state index < -0.39 is 0 Å². The van der Waals surface area contributed by atoms with Crippen LogP contribution < -0.4 is 10.6 Å². The van der Waals surface area contributed by atoms with Gasteiger partial charge in [-0.3, -0.25) is 9.59 Å². The third-order valence-electron chi connectivity index (χ3n) is 6.33. The van der Waals surface area contributed by atoms with Gasteiger partial charge in [0.1, 0.15) is 0 Å². The lowest BCUT2D eigenvalue weighted by molar-refractivity contribution is -0.126. The number of hydrogen-bond donors (Lipinski definition) is 2. The Morgan fingerprint density at radius 1 is 1.00 bits per heavy atom. The summed E-state index contributed by atoms with van der Waals surface area (Å²) in [7, 11) is 0. The molecule has 4 rings (SSSR count). The molecule has 25 heavy (non-hydrogen) atoms. The molecule has 0 spiro atoms. The van der Waals surface area contributed by atoms with Gasteiger partial charge in [-0.15, -0.1) is 0 Å². The largest absolute Gasteiger partial charge is 0.356 e. The zero-order chi connectivity index (χ0) is 17.2. The van der Waals surface area contributed by atoms with Crippen molar-refractivity contribution in [3.63, 3.8) is 0 Å². The van der Waals surface area contributed by atoms with E-state index in [0.717, 1.165) is 25.3 Å². The number of amides is 2. The molecule has 2 amide bonds. The highest BCUT2D eigenvalue weighted by atomic mass is 16.2. The van der Waals surface area contributed by atoms with Crippen molar-refractivity contribution in [3.8, 4) is 0 Å². The van der Waals surface area contributed by atoms with E-state index in [1.807, 2.05) is 0 Å². The molecule has 1 aromatic carbocycles. The summed E-state index contributed by atoms with van der Waals surface area (Å²) in [4.78, 5) is 24.0. The number of rotatable bonds is 6. The van der Waals surface area contributed by atoms with Crippen LogP contribution in [-0.2, 0) is 16.0 Å². The molecular weight excluding hydrogens is 312 g/mol. The molecule has 3 aliphatic carbocycles. The maximum Gasteiger partial charge on any atom is 0.220 e. The standard InChI is InChI=1S/C21H28N2O2/c24-19(11-12-20(25)23-15-6-2-3-7-15)22-13-18-17-10-9-14-5-1-4-8-16(14)21(17)18/h1,4-5,8,15,17-18,21H,2-3,6-7,9-13H2,(H,22,24)(H,23,25)/t17-,18-,21-/m1/s1. The molecule has 0 saturated heterocycles. The fourth-order valence-electron chi connectivity index (χ4n) is 4.90. The topological polar surface area (TPSA) is 58.2 Å². The molecule has 0 unspecified atom stereocenters. The number of carbonyl (C=O) groups is 2. The number of nitrogens with one attached hydrogen (secondary N) is 2. The van der Waals surface area contributed by atoms with E-state index in [1.54, 1.807) is 0 Å². The second-order valence-electron chi connectivity index (χ2n) is 7.94. The van der Waals surface area contributed by atoms with Gasteiger partial charge >= 0.3 is 0 Å². The molecule has 0 aromatic heterocycles. The van der Waals surface area contributed by atoms with Crippen LogP contribution in [0.2, 0.25) is 0 Å². The Bertz CT molecular complexity index is 651. The van der Waals surface area contributed by atoms with Gasteiger partial charge in [-0.1, -0.05) is 37.1 Å². The smallest absolute Gasteiger partial charge is 0.220 e. The lowest BCUT2D eigenvalue weighted by Gasteiger charge is -2.13. The van der Waals surface area contributed by atoms with Gasteiger partial charge in [0.05, 0.1) is 0 Å². The molecule has 0 radical (unpaired) electrons. The molecule has 0 aliphatic heterocycles. The Kier molecular flexibility index (Phi) is 4.78. The molecule has 2 fully saturated rings. The van der Waals surface area contributed by atoms with Crippen LogP contribution in [0.15, 0.2) is 24.3 Å². The highest BCUT2D eigenvalue weighted by Crippen LogP contribution is 2.59. The molecule has 2 saturated carbocycles. The predicted molar refractivity (Wildman–Crippen MR) is 97.1 cm³/mol. The highest BCUT2D eigenvalue weighted by Gasteiger charge is 2.52. The Morgan fingerprint density at radius 3 is 2.60 bits per heavy atom. The van der Waals surface area contributed by atoms with Crippen LogP contribution >= 0.6 is 0 Å². The lowest BCUT2D eigenvalue weighted by Crippen LogP contribution is -2.34. The zero-order valence-electron chi connectivity index (χ0n) is 14.8. The van der Waals surface area contributed by atoms with Crippen molar-refractivity contribution in [1.29, 1.82) is 0 Å². The van der Waals surface area contributed by atoms with Crippen molar-refractivity contribution in [2.45, 2.75) is 63.3 Å². The summed E-state index contributed by atoms with van der Waals surface area (Å²) >= 11 is 0. The monoisotopic (exact) mass is 340 g/mol. The van der Waals surface area contributed by atoms with Gasteiger partial charge in [-0.05, 0) is 54.6 Å². The van der Waals surface area contributed by atoms with Crippen LogP contribution in [0.1, 0.15) is 62.0 Å². The maximum absolute atomic E-state index is 12.1. The highest BCUT2D eigenvalue weighted by molar-refractivity contribution is 5.83. The quantitative estimate of drug-likeness (QED) is 0.836. The van der Waals surface area contributed by atoms with Gasteiger partial charge < -0.3 is 10.6 Å². The molecule has 0 heterocycles. The molecule has 3 atom stereocenters. The Hall–Kier alpha value is -1.84. The van der Waals surface area contributed by atoms with E-state index in [-0.39, 0.29) is 11.8 Å². The van der Waals surface area contributed by atoms with E-state index in [0.29, 0.717) is 30.7 Å². The molecule has 4 heteroatoms. The summed E-state index contributed by atoms with van der Waals surface area (Å²) in [5.41, 5.74) is 2.98. The van der Waals surface area contributed by atoms with Crippen molar-refractivity contribution in [2.24, 2.45) is 11.8 Å². The average Bonchev–Trinajstić information content (AvgIpc) is 3.11. The predicted octanol–water partition coefficient (Wildman–Crippen LogP) is 2.92. The first-order chi connectivity index (χ1) is 12.2. The summed E-state index contributed by atoms with van der Waals surface area (Å²) < 4.78 is 0. The summed E-state index contributed by atoms with van der Waals surface area (Å²) in [6, 6.07) is 9.07.